The molecule has 156 valence electrons. The fraction of sp³-hybridized carbons (Fsp3) is 0.857. The Morgan fingerprint density at radius 3 is 2.29 bits per heavy atom. The second kappa shape index (κ2) is 7.51. The first-order valence-electron chi connectivity index (χ1n) is 10.8. The number of alkyl halides is 1. The van der Waals surface area contributed by atoms with Crippen LogP contribution in [0.1, 0.15) is 77.6 Å². The predicted octanol–water partition coefficient (Wildman–Crippen LogP) is 3.65. The van der Waals surface area contributed by atoms with Crippen molar-refractivity contribution in [1.29, 1.82) is 0 Å². The zero-order valence-electron chi connectivity index (χ0n) is 16.6. The summed E-state index contributed by atoms with van der Waals surface area (Å²) >= 11 is 6.79. The van der Waals surface area contributed by atoms with Crippen LogP contribution in [-0.4, -0.2) is 34.9 Å². The van der Waals surface area contributed by atoms with Gasteiger partial charge in [-0.2, -0.15) is 0 Å². The number of hydrogen-bond acceptors (Lipinski definition) is 4. The van der Waals surface area contributed by atoms with Gasteiger partial charge in [-0.15, -0.1) is 11.6 Å². The van der Waals surface area contributed by atoms with E-state index in [2.05, 4.69) is 10.6 Å². The van der Waals surface area contributed by atoms with Gasteiger partial charge in [-0.3, -0.25) is 14.9 Å². The zero-order chi connectivity index (χ0) is 19.9. The summed E-state index contributed by atoms with van der Waals surface area (Å²) in [6.45, 7) is 1.53. The van der Waals surface area contributed by atoms with E-state index in [9.17, 15) is 14.4 Å². The van der Waals surface area contributed by atoms with Crippen LogP contribution in [0.25, 0.3) is 0 Å². The molecule has 6 nitrogen and oxygen atoms in total. The Labute approximate surface area is 171 Å². The van der Waals surface area contributed by atoms with Crippen LogP contribution in [-0.2, 0) is 14.3 Å². The van der Waals surface area contributed by atoms with Crippen LogP contribution in [0.15, 0.2) is 0 Å². The lowest BCUT2D eigenvalue weighted by atomic mass is 9.49. The molecule has 0 radical (unpaired) electrons. The van der Waals surface area contributed by atoms with Crippen molar-refractivity contribution in [2.45, 2.75) is 94.6 Å². The molecular weight excluding hydrogens is 380 g/mol. The highest BCUT2D eigenvalue weighted by atomic mass is 35.5. The molecule has 7 heteroatoms. The third-order valence-corrected chi connectivity index (χ3v) is 7.70. The van der Waals surface area contributed by atoms with Crippen LogP contribution in [0.5, 0.6) is 0 Å². The van der Waals surface area contributed by atoms with Crippen molar-refractivity contribution in [1.82, 2.24) is 10.6 Å². The Kier molecular flexibility index (Phi) is 5.36. The number of amides is 3. The highest BCUT2D eigenvalue weighted by Crippen LogP contribution is 2.64. The number of carbonyl (C=O) groups excluding carboxylic acids is 3. The molecule has 3 amide bonds. The lowest BCUT2D eigenvalue weighted by molar-refractivity contribution is -0.177. The number of carbonyl (C=O) groups is 3. The highest BCUT2D eigenvalue weighted by Gasteiger charge is 2.61. The first kappa shape index (κ1) is 20.0. The van der Waals surface area contributed by atoms with Crippen LogP contribution in [0.4, 0.5) is 4.79 Å². The number of nitrogens with one attached hydrogen (secondary N) is 2. The third kappa shape index (κ3) is 4.03. The van der Waals surface area contributed by atoms with Crippen molar-refractivity contribution in [3.63, 3.8) is 0 Å². The maximum Gasteiger partial charge on any atom is 0.321 e. The zero-order valence-corrected chi connectivity index (χ0v) is 17.4. The quantitative estimate of drug-likeness (QED) is 0.547. The van der Waals surface area contributed by atoms with Crippen LogP contribution in [0, 0.1) is 17.3 Å². The van der Waals surface area contributed by atoms with E-state index in [1.165, 1.54) is 13.3 Å². The van der Waals surface area contributed by atoms with E-state index in [-0.39, 0.29) is 16.9 Å². The van der Waals surface area contributed by atoms with Gasteiger partial charge < -0.3 is 10.1 Å². The van der Waals surface area contributed by atoms with Crippen molar-refractivity contribution in [3.05, 3.63) is 0 Å². The molecule has 0 aromatic carbocycles. The molecule has 0 aromatic heterocycles. The average Bonchev–Trinajstić information content (AvgIpc) is 2.60. The summed E-state index contributed by atoms with van der Waals surface area (Å²) in [5.41, 5.74) is -0.551. The average molecular weight is 411 g/mol. The number of halogens is 1. The van der Waals surface area contributed by atoms with E-state index < -0.39 is 23.5 Å². The van der Waals surface area contributed by atoms with Crippen LogP contribution in [0.3, 0.4) is 0 Å². The molecule has 0 spiro atoms. The largest absolute Gasteiger partial charge is 0.452 e. The van der Waals surface area contributed by atoms with Gasteiger partial charge in [0.15, 0.2) is 6.10 Å². The van der Waals surface area contributed by atoms with Gasteiger partial charge in [0, 0.05) is 10.9 Å². The Bertz CT molecular complexity index is 647. The second-order valence-electron chi connectivity index (χ2n) is 9.74. The summed E-state index contributed by atoms with van der Waals surface area (Å²) in [7, 11) is 0. The third-order valence-electron chi connectivity index (χ3n) is 7.25. The summed E-state index contributed by atoms with van der Waals surface area (Å²) in [5.74, 6) is 0.0716. The van der Waals surface area contributed by atoms with Crippen molar-refractivity contribution in [2.75, 3.05) is 0 Å². The van der Waals surface area contributed by atoms with Gasteiger partial charge in [0.2, 0.25) is 0 Å². The number of imide groups is 1. The molecule has 5 rings (SSSR count). The summed E-state index contributed by atoms with van der Waals surface area (Å²) in [6, 6.07) is -0.388. The molecule has 5 fully saturated rings. The summed E-state index contributed by atoms with van der Waals surface area (Å²) in [6.07, 6.45) is 9.66. The normalized spacial score (nSPS) is 37.9. The first-order chi connectivity index (χ1) is 13.3. The monoisotopic (exact) mass is 410 g/mol. The van der Waals surface area contributed by atoms with Gasteiger partial charge in [0.25, 0.3) is 5.91 Å². The Morgan fingerprint density at radius 1 is 1.04 bits per heavy atom. The van der Waals surface area contributed by atoms with Crippen molar-refractivity contribution < 1.29 is 19.1 Å². The minimum absolute atomic E-state index is 0.117. The van der Waals surface area contributed by atoms with Crippen molar-refractivity contribution in [2.24, 2.45) is 17.3 Å². The number of esters is 1. The maximum atomic E-state index is 13.0. The molecular formula is C21H31ClN2O4. The van der Waals surface area contributed by atoms with E-state index in [1.54, 1.807) is 0 Å². The molecule has 4 bridgehead atoms. The smallest absolute Gasteiger partial charge is 0.321 e. The van der Waals surface area contributed by atoms with E-state index in [0.29, 0.717) is 18.3 Å². The van der Waals surface area contributed by atoms with E-state index in [0.717, 1.165) is 57.8 Å². The fourth-order valence-electron chi connectivity index (χ4n) is 6.41. The van der Waals surface area contributed by atoms with E-state index >= 15 is 0 Å². The minimum atomic E-state index is -0.996. The van der Waals surface area contributed by atoms with Crippen molar-refractivity contribution >= 4 is 29.5 Å². The van der Waals surface area contributed by atoms with Gasteiger partial charge in [-0.25, -0.2) is 4.79 Å². The van der Waals surface area contributed by atoms with Gasteiger partial charge in [-0.05, 0) is 70.1 Å². The molecule has 5 saturated carbocycles. The lowest BCUT2D eigenvalue weighted by Gasteiger charge is -2.58. The summed E-state index contributed by atoms with van der Waals surface area (Å²) in [5, 5.41) is 5.16. The Hall–Kier alpha value is -1.30. The summed E-state index contributed by atoms with van der Waals surface area (Å²) in [4.78, 5) is 37.1. The number of rotatable bonds is 4. The standard InChI is InChI=1S/C21H31ClN2O4/c1-13(17(25)24-19(27)23-16-5-3-2-4-6-16)28-18(26)20-8-14-7-15(9-20)11-21(22,10-14)12-20/h13-16H,2-12H2,1H3,(H2,23,24,25,27)/t13-,14-,15-,20?,21?/m0/s1. The molecule has 5 aliphatic rings. The molecule has 0 unspecified atom stereocenters. The number of ether oxygens (including phenoxy) is 1. The van der Waals surface area contributed by atoms with Crippen LogP contribution >= 0.6 is 11.6 Å². The second-order valence-corrected chi connectivity index (χ2v) is 10.5. The maximum absolute atomic E-state index is 13.0. The number of hydrogen-bond donors (Lipinski definition) is 2. The lowest BCUT2D eigenvalue weighted by Crippen LogP contribution is -2.57. The van der Waals surface area contributed by atoms with E-state index in [4.69, 9.17) is 16.3 Å². The molecule has 0 heterocycles. The Morgan fingerprint density at radius 2 is 1.68 bits per heavy atom. The van der Waals surface area contributed by atoms with Crippen molar-refractivity contribution in [3.8, 4) is 0 Å². The van der Waals surface area contributed by atoms with Gasteiger partial charge in [0.1, 0.15) is 0 Å². The fourth-order valence-corrected chi connectivity index (χ4v) is 7.10. The van der Waals surface area contributed by atoms with Gasteiger partial charge >= 0.3 is 12.0 Å². The molecule has 0 saturated heterocycles. The van der Waals surface area contributed by atoms with Crippen LogP contribution < -0.4 is 10.6 Å². The number of urea groups is 1. The van der Waals surface area contributed by atoms with Gasteiger partial charge in [0.05, 0.1) is 5.41 Å². The van der Waals surface area contributed by atoms with Gasteiger partial charge in [-0.1, -0.05) is 19.3 Å². The topological polar surface area (TPSA) is 84.5 Å². The molecule has 3 atom stereocenters. The Balaban J connectivity index is 1.30. The van der Waals surface area contributed by atoms with Crippen LogP contribution in [0.2, 0.25) is 0 Å². The molecule has 0 aromatic rings. The molecule has 5 aliphatic carbocycles. The molecule has 28 heavy (non-hydrogen) atoms. The highest BCUT2D eigenvalue weighted by molar-refractivity contribution is 6.24. The first-order valence-corrected chi connectivity index (χ1v) is 11.2. The van der Waals surface area contributed by atoms with E-state index in [1.807, 2.05) is 0 Å². The summed E-state index contributed by atoms with van der Waals surface area (Å²) < 4.78 is 5.54. The minimum Gasteiger partial charge on any atom is -0.452 e. The SMILES string of the molecule is C[C@H](OC(=O)C12C[C@@H]3C[C@H](CC(Cl)(C3)C1)C2)C(=O)NC(=O)NC1CCCCC1. The molecule has 2 N–H and O–H groups in total. The predicted molar refractivity (Wildman–Crippen MR) is 105 cm³/mol. The molecule has 0 aliphatic heterocycles.